The van der Waals surface area contributed by atoms with Gasteiger partial charge in [0, 0.05) is 0 Å². The summed E-state index contributed by atoms with van der Waals surface area (Å²) >= 11 is 1.95. The van der Waals surface area contributed by atoms with Crippen LogP contribution in [0.3, 0.4) is 0 Å². The zero-order chi connectivity index (χ0) is 14.0. The highest BCUT2D eigenvalue weighted by Crippen LogP contribution is 2.09. The van der Waals surface area contributed by atoms with Gasteiger partial charge in [-0.1, -0.05) is 0 Å². The molecule has 0 spiro atoms. The minimum atomic E-state index is -0.518. The number of hydrazine groups is 1. The predicted octanol–water partition coefficient (Wildman–Crippen LogP) is 0.401. The highest BCUT2D eigenvalue weighted by molar-refractivity contribution is 14.1. The van der Waals surface area contributed by atoms with Gasteiger partial charge >= 0.3 is 5.91 Å². The van der Waals surface area contributed by atoms with E-state index in [4.69, 9.17) is 10.3 Å². The number of halogens is 1. The number of nitrogens with two attached hydrogens (primary N) is 1. The van der Waals surface area contributed by atoms with Crippen molar-refractivity contribution in [2.45, 2.75) is 13.5 Å². The molecule has 0 aliphatic heterocycles. The monoisotopic (exact) mass is 374 g/mol. The third kappa shape index (κ3) is 2.84. The molecule has 0 aliphatic carbocycles. The van der Waals surface area contributed by atoms with Crippen molar-refractivity contribution in [3.63, 3.8) is 0 Å². The molecule has 0 bridgehead atoms. The van der Waals surface area contributed by atoms with Crippen molar-refractivity contribution in [1.29, 1.82) is 0 Å². The molecular formula is C11H11IN4O3. The van der Waals surface area contributed by atoms with Gasteiger partial charge in [-0.3, -0.25) is 19.6 Å². The lowest BCUT2D eigenvalue weighted by molar-refractivity contribution is 0.0924. The third-order valence-corrected chi connectivity index (χ3v) is 3.74. The number of hydrogen-bond donors (Lipinski definition) is 2. The number of hydrogen-bond acceptors (Lipinski definition) is 5. The van der Waals surface area contributed by atoms with Gasteiger partial charge in [-0.05, 0) is 41.6 Å². The fraction of sp³-hybridized carbons (Fsp3) is 0.182. The van der Waals surface area contributed by atoms with Gasteiger partial charge in [-0.25, -0.2) is 10.8 Å². The average molecular weight is 374 g/mol. The summed E-state index contributed by atoms with van der Waals surface area (Å²) in [5, 5.41) is 0. The normalized spacial score (nSPS) is 10.5. The highest BCUT2D eigenvalue weighted by atomic mass is 127. The lowest BCUT2D eigenvalue weighted by Gasteiger charge is -2.04. The Morgan fingerprint density at radius 3 is 3.00 bits per heavy atom. The van der Waals surface area contributed by atoms with E-state index in [1.54, 1.807) is 13.0 Å². The third-order valence-electron chi connectivity index (χ3n) is 2.50. The summed E-state index contributed by atoms with van der Waals surface area (Å²) in [4.78, 5) is 27.3. The van der Waals surface area contributed by atoms with Crippen LogP contribution in [0, 0.1) is 10.5 Å². The molecule has 0 atom stereocenters. The Morgan fingerprint density at radius 2 is 2.32 bits per heavy atom. The van der Waals surface area contributed by atoms with Gasteiger partial charge in [-0.15, -0.1) is 0 Å². The van der Waals surface area contributed by atoms with E-state index in [1.807, 2.05) is 28.0 Å². The molecule has 0 fully saturated rings. The number of aryl methyl sites for hydroxylation is 1. The Hall–Kier alpha value is -1.68. The summed E-state index contributed by atoms with van der Waals surface area (Å²) in [5.41, 5.74) is 2.51. The first-order valence-corrected chi connectivity index (χ1v) is 6.42. The van der Waals surface area contributed by atoms with Crippen LogP contribution in [0.1, 0.15) is 22.0 Å². The first kappa shape index (κ1) is 13.7. The zero-order valence-corrected chi connectivity index (χ0v) is 12.2. The predicted molar refractivity (Wildman–Crippen MR) is 75.4 cm³/mol. The lowest BCUT2D eigenvalue weighted by atomic mass is 10.4. The number of aromatic nitrogens is 2. The number of nitrogen functional groups attached to an aromatic ring is 1. The second kappa shape index (κ2) is 5.53. The fourth-order valence-corrected chi connectivity index (χ4v) is 1.93. The fourth-order valence-electron chi connectivity index (χ4n) is 1.48. The van der Waals surface area contributed by atoms with Crippen molar-refractivity contribution in [2.75, 3.05) is 0 Å². The van der Waals surface area contributed by atoms with Gasteiger partial charge in [0.25, 0.3) is 5.56 Å². The number of furan rings is 1. The first-order chi connectivity index (χ1) is 9.02. The summed E-state index contributed by atoms with van der Waals surface area (Å²) in [7, 11) is 0. The van der Waals surface area contributed by atoms with Gasteiger partial charge < -0.3 is 4.42 Å². The SMILES string of the molecule is Cc1ncn(Cc2ccc(C(=O)NN)o2)c(=O)c1I. The number of nitrogens with one attached hydrogen (secondary N) is 1. The highest BCUT2D eigenvalue weighted by Gasteiger charge is 2.11. The second-order valence-electron chi connectivity index (χ2n) is 3.82. The number of carbonyl (C=O) groups excluding carboxylic acids is 1. The quantitative estimate of drug-likeness (QED) is 0.351. The number of nitrogens with zero attached hydrogens (tertiary/aromatic N) is 2. The standard InChI is InChI=1S/C11H11IN4O3/c1-6-9(12)11(18)16(5-14-6)4-7-2-3-8(19-7)10(17)15-13/h2-3,5H,4,13H2,1H3,(H,15,17). The van der Waals surface area contributed by atoms with Crippen molar-refractivity contribution in [3.8, 4) is 0 Å². The molecule has 2 aromatic heterocycles. The largest absolute Gasteiger partial charge is 0.454 e. The van der Waals surface area contributed by atoms with E-state index in [0.29, 0.717) is 15.0 Å². The summed E-state index contributed by atoms with van der Waals surface area (Å²) in [5.74, 6) is 5.05. The molecule has 3 N–H and O–H groups in total. The molecule has 1 amide bonds. The molecule has 0 saturated heterocycles. The van der Waals surface area contributed by atoms with Crippen molar-refractivity contribution < 1.29 is 9.21 Å². The maximum absolute atomic E-state index is 12.0. The molecule has 2 aromatic rings. The van der Waals surface area contributed by atoms with Crippen LogP contribution in [0.2, 0.25) is 0 Å². The van der Waals surface area contributed by atoms with Crippen molar-refractivity contribution >= 4 is 28.5 Å². The molecule has 0 aliphatic rings. The molecule has 0 unspecified atom stereocenters. The number of amides is 1. The van der Waals surface area contributed by atoms with E-state index in [0.717, 1.165) is 0 Å². The van der Waals surface area contributed by atoms with Crippen LogP contribution in [0.25, 0.3) is 0 Å². The van der Waals surface area contributed by atoms with Crippen LogP contribution >= 0.6 is 22.6 Å². The maximum Gasteiger partial charge on any atom is 0.300 e. The second-order valence-corrected chi connectivity index (χ2v) is 4.90. The van der Waals surface area contributed by atoms with E-state index in [9.17, 15) is 9.59 Å². The molecule has 8 heteroatoms. The molecule has 19 heavy (non-hydrogen) atoms. The molecule has 100 valence electrons. The van der Waals surface area contributed by atoms with E-state index < -0.39 is 5.91 Å². The molecule has 2 rings (SSSR count). The van der Waals surface area contributed by atoms with Crippen molar-refractivity contribution in [1.82, 2.24) is 15.0 Å². The van der Waals surface area contributed by atoms with Crippen LogP contribution < -0.4 is 16.8 Å². The molecular weight excluding hydrogens is 363 g/mol. The van der Waals surface area contributed by atoms with E-state index in [2.05, 4.69) is 4.98 Å². The zero-order valence-electron chi connectivity index (χ0n) is 10.0. The van der Waals surface area contributed by atoms with Gasteiger partial charge in [0.15, 0.2) is 5.76 Å². The van der Waals surface area contributed by atoms with Crippen molar-refractivity contribution in [2.24, 2.45) is 5.84 Å². The van der Waals surface area contributed by atoms with E-state index in [1.165, 1.54) is 17.0 Å². The first-order valence-electron chi connectivity index (χ1n) is 5.34. The Balaban J connectivity index is 2.27. The van der Waals surface area contributed by atoms with Crippen LogP contribution in [-0.4, -0.2) is 15.5 Å². The topological polar surface area (TPSA) is 103 Å². The van der Waals surface area contributed by atoms with Crippen LogP contribution in [0.5, 0.6) is 0 Å². The smallest absolute Gasteiger partial charge is 0.300 e. The average Bonchev–Trinajstić information content (AvgIpc) is 2.87. The maximum atomic E-state index is 12.0. The minimum absolute atomic E-state index is 0.0975. The van der Waals surface area contributed by atoms with Gasteiger partial charge in [0.05, 0.1) is 22.1 Å². The summed E-state index contributed by atoms with van der Waals surface area (Å²) < 4.78 is 7.26. The number of rotatable bonds is 3. The molecule has 7 nitrogen and oxygen atoms in total. The van der Waals surface area contributed by atoms with Gasteiger partial charge in [0.1, 0.15) is 5.76 Å². The van der Waals surface area contributed by atoms with Crippen LogP contribution in [-0.2, 0) is 6.54 Å². The Kier molecular flexibility index (Phi) is 4.00. The molecule has 0 saturated carbocycles. The van der Waals surface area contributed by atoms with Gasteiger partial charge in [0.2, 0.25) is 0 Å². The Bertz CT molecular complexity index is 677. The Morgan fingerprint density at radius 1 is 1.58 bits per heavy atom. The molecule has 0 radical (unpaired) electrons. The van der Waals surface area contributed by atoms with Crippen LogP contribution in [0.4, 0.5) is 0 Å². The summed E-state index contributed by atoms with van der Waals surface area (Å²) in [6, 6.07) is 3.11. The van der Waals surface area contributed by atoms with Crippen LogP contribution in [0.15, 0.2) is 27.7 Å². The summed E-state index contributed by atoms with van der Waals surface area (Å²) in [6.45, 7) is 1.98. The lowest BCUT2D eigenvalue weighted by Crippen LogP contribution is -2.29. The Labute approximate surface area is 121 Å². The van der Waals surface area contributed by atoms with Crippen molar-refractivity contribution in [3.05, 3.63) is 49.6 Å². The van der Waals surface area contributed by atoms with Gasteiger partial charge in [-0.2, -0.15) is 0 Å². The number of carbonyl (C=O) groups is 1. The molecule has 2 heterocycles. The van der Waals surface area contributed by atoms with E-state index >= 15 is 0 Å². The minimum Gasteiger partial charge on any atom is -0.454 e. The van der Waals surface area contributed by atoms with E-state index in [-0.39, 0.29) is 17.9 Å². The summed E-state index contributed by atoms with van der Waals surface area (Å²) in [6.07, 6.45) is 1.45. The molecule has 0 aromatic carbocycles.